The molecule has 1 aromatic heterocycles. The van der Waals surface area contributed by atoms with Crippen LogP contribution in [0.15, 0.2) is 30.5 Å². The maximum Gasteiger partial charge on any atom is 0.419 e. The number of aliphatic hydroxyl groups excluding tert-OH is 1. The molecular weight excluding hydrogens is 242 g/mol. The van der Waals surface area contributed by atoms with Gasteiger partial charge in [-0.1, -0.05) is 18.2 Å². The Morgan fingerprint density at radius 1 is 1.32 bits per heavy atom. The summed E-state index contributed by atoms with van der Waals surface area (Å²) in [6.45, 7) is 7.16. The van der Waals surface area contributed by atoms with E-state index in [2.05, 4.69) is 0 Å². The first kappa shape index (κ1) is 13.6. The van der Waals surface area contributed by atoms with Crippen LogP contribution in [-0.4, -0.2) is 21.4 Å². The zero-order valence-corrected chi connectivity index (χ0v) is 11.7. The number of hydrogen-bond acceptors (Lipinski definition) is 3. The average molecular weight is 261 g/mol. The first-order valence-corrected chi connectivity index (χ1v) is 6.31. The van der Waals surface area contributed by atoms with Crippen LogP contribution in [0.25, 0.3) is 10.9 Å². The van der Waals surface area contributed by atoms with Crippen molar-refractivity contribution in [3.05, 3.63) is 36.0 Å². The van der Waals surface area contributed by atoms with Gasteiger partial charge in [0, 0.05) is 17.1 Å². The fourth-order valence-electron chi connectivity index (χ4n) is 2.00. The van der Waals surface area contributed by atoms with Gasteiger partial charge in [-0.25, -0.2) is 4.79 Å². The molecule has 0 aliphatic carbocycles. The first-order valence-electron chi connectivity index (χ1n) is 6.31. The van der Waals surface area contributed by atoms with Crippen LogP contribution in [0.5, 0.6) is 0 Å². The smallest absolute Gasteiger partial charge is 0.419 e. The summed E-state index contributed by atoms with van der Waals surface area (Å²) in [5.74, 6) is 0. The zero-order chi connectivity index (χ0) is 14.2. The number of carbonyl (C=O) groups excluding carboxylic acids is 1. The molecule has 0 aliphatic rings. The molecule has 0 radical (unpaired) electrons. The van der Waals surface area contributed by atoms with E-state index < -0.39 is 17.8 Å². The van der Waals surface area contributed by atoms with Gasteiger partial charge in [-0.15, -0.1) is 0 Å². The Labute approximate surface area is 112 Å². The Bertz CT molecular complexity index is 605. The van der Waals surface area contributed by atoms with E-state index in [1.165, 1.54) is 4.57 Å². The van der Waals surface area contributed by atoms with E-state index in [9.17, 15) is 9.90 Å². The number of aromatic nitrogens is 1. The molecule has 0 bridgehead atoms. The Morgan fingerprint density at radius 3 is 2.53 bits per heavy atom. The van der Waals surface area contributed by atoms with Crippen molar-refractivity contribution in [1.82, 2.24) is 4.57 Å². The topological polar surface area (TPSA) is 51.5 Å². The maximum absolute atomic E-state index is 12.2. The highest BCUT2D eigenvalue weighted by molar-refractivity contribution is 5.92. The predicted molar refractivity (Wildman–Crippen MR) is 74.2 cm³/mol. The van der Waals surface area contributed by atoms with Crippen LogP contribution >= 0.6 is 0 Å². The van der Waals surface area contributed by atoms with Gasteiger partial charge < -0.3 is 9.84 Å². The maximum atomic E-state index is 12.2. The molecule has 0 saturated heterocycles. The summed E-state index contributed by atoms with van der Waals surface area (Å²) < 4.78 is 6.81. The van der Waals surface area contributed by atoms with E-state index in [-0.39, 0.29) is 0 Å². The molecule has 2 aromatic rings. The summed E-state index contributed by atoms with van der Waals surface area (Å²) in [6.07, 6.45) is 0.577. The lowest BCUT2D eigenvalue weighted by Crippen LogP contribution is -2.26. The minimum Gasteiger partial charge on any atom is -0.443 e. The summed E-state index contributed by atoms with van der Waals surface area (Å²) in [5.41, 5.74) is 0.919. The lowest BCUT2D eigenvalue weighted by Gasteiger charge is -2.19. The van der Waals surface area contributed by atoms with Gasteiger partial charge >= 0.3 is 6.09 Å². The van der Waals surface area contributed by atoms with E-state index >= 15 is 0 Å². The third-order valence-corrected chi connectivity index (χ3v) is 2.78. The molecule has 2 rings (SSSR count). The van der Waals surface area contributed by atoms with E-state index in [4.69, 9.17) is 4.74 Å². The lowest BCUT2D eigenvalue weighted by molar-refractivity contribution is 0.0544. The van der Waals surface area contributed by atoms with E-state index in [0.717, 1.165) is 16.5 Å². The second-order valence-corrected chi connectivity index (χ2v) is 5.63. The van der Waals surface area contributed by atoms with E-state index in [1.807, 2.05) is 45.0 Å². The molecule has 1 atom stereocenters. The van der Waals surface area contributed by atoms with Crippen LogP contribution in [0.3, 0.4) is 0 Å². The van der Waals surface area contributed by atoms with Crippen molar-refractivity contribution in [2.45, 2.75) is 39.4 Å². The van der Waals surface area contributed by atoms with Crippen molar-refractivity contribution in [2.75, 3.05) is 0 Å². The Morgan fingerprint density at radius 2 is 1.95 bits per heavy atom. The van der Waals surface area contributed by atoms with Crippen molar-refractivity contribution in [3.8, 4) is 0 Å². The van der Waals surface area contributed by atoms with Gasteiger partial charge in [-0.2, -0.15) is 0 Å². The highest BCUT2D eigenvalue weighted by atomic mass is 16.6. The van der Waals surface area contributed by atoms with Gasteiger partial charge in [-0.05, 0) is 33.8 Å². The van der Waals surface area contributed by atoms with Crippen LogP contribution in [0.2, 0.25) is 0 Å². The third-order valence-electron chi connectivity index (χ3n) is 2.78. The molecule has 1 heterocycles. The average Bonchev–Trinajstić information content (AvgIpc) is 2.66. The molecule has 1 N–H and O–H groups in total. The number of benzene rings is 1. The quantitative estimate of drug-likeness (QED) is 0.855. The number of carbonyl (C=O) groups is 1. The fraction of sp³-hybridized carbons (Fsp3) is 0.400. The zero-order valence-electron chi connectivity index (χ0n) is 11.7. The summed E-state index contributed by atoms with van der Waals surface area (Å²) in [4.78, 5) is 12.2. The largest absolute Gasteiger partial charge is 0.443 e. The van der Waals surface area contributed by atoms with Gasteiger partial charge in [0.05, 0.1) is 11.6 Å². The van der Waals surface area contributed by atoms with Crippen LogP contribution < -0.4 is 0 Å². The number of nitrogens with zero attached hydrogens (tertiary/aromatic N) is 1. The highest BCUT2D eigenvalue weighted by Crippen LogP contribution is 2.27. The molecule has 0 saturated carbocycles. The van der Waals surface area contributed by atoms with Crippen molar-refractivity contribution >= 4 is 17.0 Å². The summed E-state index contributed by atoms with van der Waals surface area (Å²) in [6, 6.07) is 7.46. The van der Waals surface area contributed by atoms with Crippen molar-refractivity contribution in [2.24, 2.45) is 0 Å². The minimum atomic E-state index is -0.631. The molecule has 4 heteroatoms. The van der Waals surface area contributed by atoms with E-state index in [1.54, 1.807) is 13.1 Å². The van der Waals surface area contributed by atoms with Gasteiger partial charge in [0.1, 0.15) is 5.60 Å². The Hall–Kier alpha value is -1.81. The van der Waals surface area contributed by atoms with Crippen LogP contribution in [-0.2, 0) is 4.74 Å². The Balaban J connectivity index is 2.52. The summed E-state index contributed by atoms with van der Waals surface area (Å²) in [7, 11) is 0. The van der Waals surface area contributed by atoms with E-state index in [0.29, 0.717) is 0 Å². The normalized spacial score (nSPS) is 13.5. The minimum absolute atomic E-state index is 0.435. The standard InChI is InChI=1S/C15H19NO3/c1-10(17)12-9-16(14(18)19-15(2,3)4)13-8-6-5-7-11(12)13/h5-10,17H,1-4H3/t10-/m1/s1. The molecule has 19 heavy (non-hydrogen) atoms. The SMILES string of the molecule is C[C@@H](O)c1cn(C(=O)OC(C)(C)C)c2ccccc12. The van der Waals surface area contributed by atoms with Crippen molar-refractivity contribution in [1.29, 1.82) is 0 Å². The second kappa shape index (κ2) is 4.70. The molecular formula is C15H19NO3. The lowest BCUT2D eigenvalue weighted by atomic mass is 10.1. The number of hydrogen-bond donors (Lipinski definition) is 1. The van der Waals surface area contributed by atoms with Crippen LogP contribution in [0, 0.1) is 0 Å². The van der Waals surface area contributed by atoms with Crippen molar-refractivity contribution in [3.63, 3.8) is 0 Å². The van der Waals surface area contributed by atoms with Crippen molar-refractivity contribution < 1.29 is 14.6 Å². The molecule has 1 aromatic carbocycles. The van der Waals surface area contributed by atoms with Crippen LogP contribution in [0.1, 0.15) is 39.4 Å². The third kappa shape index (κ3) is 2.79. The van der Waals surface area contributed by atoms with Gasteiger partial charge in [0.25, 0.3) is 0 Å². The van der Waals surface area contributed by atoms with Crippen LogP contribution in [0.4, 0.5) is 4.79 Å². The molecule has 0 fully saturated rings. The number of ether oxygens (including phenoxy) is 1. The molecule has 0 aliphatic heterocycles. The Kier molecular flexibility index (Phi) is 3.37. The second-order valence-electron chi connectivity index (χ2n) is 5.63. The molecule has 0 amide bonds. The predicted octanol–water partition coefficient (Wildman–Crippen LogP) is 3.48. The molecule has 0 unspecified atom stereocenters. The van der Waals surface area contributed by atoms with Gasteiger partial charge in [-0.3, -0.25) is 4.57 Å². The first-order chi connectivity index (χ1) is 8.79. The molecule has 102 valence electrons. The number of para-hydroxylation sites is 1. The number of aliphatic hydroxyl groups is 1. The molecule has 0 spiro atoms. The number of fused-ring (bicyclic) bond motifs is 1. The monoisotopic (exact) mass is 261 g/mol. The highest BCUT2D eigenvalue weighted by Gasteiger charge is 2.21. The summed E-state index contributed by atoms with van der Waals surface area (Å²) >= 11 is 0. The van der Waals surface area contributed by atoms with Gasteiger partial charge in [0.15, 0.2) is 0 Å². The van der Waals surface area contributed by atoms with Gasteiger partial charge in [0.2, 0.25) is 0 Å². The number of rotatable bonds is 1. The fourth-order valence-corrected chi connectivity index (χ4v) is 2.00. The summed E-state index contributed by atoms with van der Waals surface area (Å²) in [5, 5.41) is 10.6. The molecule has 4 nitrogen and oxygen atoms in total.